The summed E-state index contributed by atoms with van der Waals surface area (Å²) in [5.74, 6) is 2.41. The maximum absolute atomic E-state index is 4.78. The number of aromatic nitrogens is 3. The van der Waals surface area contributed by atoms with Crippen molar-refractivity contribution >= 4 is 0 Å². The zero-order valence-corrected chi connectivity index (χ0v) is 11.6. The van der Waals surface area contributed by atoms with Gasteiger partial charge in [-0.05, 0) is 31.9 Å². The third-order valence-corrected chi connectivity index (χ3v) is 3.83. The molecule has 100 valence electrons. The average Bonchev–Trinajstić information content (AvgIpc) is 2.82. The standard InChI is InChI=1S/C15H20N4/c1-11-6-3-4-8-13(11)15-17-14(18-19(15)2)12-7-5-9-16-10-12/h3-4,6,8,12,16H,5,7,9-10H2,1-2H3. The Hall–Kier alpha value is -1.68. The molecule has 2 heterocycles. The lowest BCUT2D eigenvalue weighted by Crippen LogP contribution is -2.29. The molecule has 3 rings (SSSR count). The second-order valence-corrected chi connectivity index (χ2v) is 5.28. The van der Waals surface area contributed by atoms with E-state index in [1.54, 1.807) is 0 Å². The van der Waals surface area contributed by atoms with Gasteiger partial charge in [0.2, 0.25) is 0 Å². The van der Waals surface area contributed by atoms with E-state index in [1.165, 1.54) is 24.0 Å². The summed E-state index contributed by atoms with van der Waals surface area (Å²) < 4.78 is 1.91. The minimum atomic E-state index is 0.456. The zero-order valence-electron chi connectivity index (χ0n) is 11.6. The molecular weight excluding hydrogens is 236 g/mol. The first kappa shape index (κ1) is 12.4. The van der Waals surface area contributed by atoms with Gasteiger partial charge >= 0.3 is 0 Å². The molecule has 2 aromatic rings. The molecule has 1 atom stereocenters. The van der Waals surface area contributed by atoms with Gasteiger partial charge in [0.25, 0.3) is 0 Å². The average molecular weight is 256 g/mol. The maximum atomic E-state index is 4.78. The number of piperidine rings is 1. The molecular formula is C15H20N4. The summed E-state index contributed by atoms with van der Waals surface area (Å²) >= 11 is 0. The third-order valence-electron chi connectivity index (χ3n) is 3.83. The largest absolute Gasteiger partial charge is 0.316 e. The van der Waals surface area contributed by atoms with Crippen molar-refractivity contribution in [2.45, 2.75) is 25.7 Å². The molecule has 0 bridgehead atoms. The monoisotopic (exact) mass is 256 g/mol. The Bertz CT molecular complexity index is 567. The van der Waals surface area contributed by atoms with Crippen LogP contribution < -0.4 is 5.32 Å². The Morgan fingerprint density at radius 3 is 2.89 bits per heavy atom. The number of hydrogen-bond donors (Lipinski definition) is 1. The summed E-state index contributed by atoms with van der Waals surface area (Å²) in [5, 5.41) is 8.04. The minimum Gasteiger partial charge on any atom is -0.316 e. The molecule has 1 aromatic carbocycles. The number of nitrogens with zero attached hydrogens (tertiary/aromatic N) is 3. The van der Waals surface area contributed by atoms with Crippen LogP contribution in [0.3, 0.4) is 0 Å². The Kier molecular flexibility index (Phi) is 3.34. The molecule has 0 saturated carbocycles. The Morgan fingerprint density at radius 2 is 2.16 bits per heavy atom. The van der Waals surface area contributed by atoms with Crippen LogP contribution in [0.1, 0.15) is 30.1 Å². The van der Waals surface area contributed by atoms with E-state index in [4.69, 9.17) is 4.98 Å². The van der Waals surface area contributed by atoms with Gasteiger partial charge in [-0.25, -0.2) is 9.67 Å². The SMILES string of the molecule is Cc1ccccc1-c1nc(C2CCCNC2)nn1C. The zero-order chi connectivity index (χ0) is 13.2. The van der Waals surface area contributed by atoms with E-state index in [0.717, 1.165) is 24.7 Å². The van der Waals surface area contributed by atoms with Crippen LogP contribution in [-0.4, -0.2) is 27.9 Å². The Morgan fingerprint density at radius 1 is 1.32 bits per heavy atom. The molecule has 0 spiro atoms. The van der Waals surface area contributed by atoms with Crippen LogP contribution in [-0.2, 0) is 7.05 Å². The van der Waals surface area contributed by atoms with Crippen molar-refractivity contribution < 1.29 is 0 Å². The van der Waals surface area contributed by atoms with Crippen LogP contribution in [0.15, 0.2) is 24.3 Å². The highest BCUT2D eigenvalue weighted by Gasteiger charge is 2.21. The summed E-state index contributed by atoms with van der Waals surface area (Å²) in [6.07, 6.45) is 2.40. The minimum absolute atomic E-state index is 0.456. The second-order valence-electron chi connectivity index (χ2n) is 5.28. The molecule has 0 aliphatic carbocycles. The lowest BCUT2D eigenvalue weighted by molar-refractivity contribution is 0.445. The Labute approximate surface area is 113 Å². The lowest BCUT2D eigenvalue weighted by atomic mass is 9.99. The fraction of sp³-hybridized carbons (Fsp3) is 0.467. The number of rotatable bonds is 2. The predicted octanol–water partition coefficient (Wildman–Crippen LogP) is 2.26. The fourth-order valence-electron chi connectivity index (χ4n) is 2.71. The van der Waals surface area contributed by atoms with Crippen LogP contribution >= 0.6 is 0 Å². The van der Waals surface area contributed by atoms with Crippen LogP contribution in [0.5, 0.6) is 0 Å². The molecule has 0 radical (unpaired) electrons. The van der Waals surface area contributed by atoms with Gasteiger partial charge < -0.3 is 5.32 Å². The number of nitrogens with one attached hydrogen (secondary N) is 1. The molecule has 1 aliphatic heterocycles. The van der Waals surface area contributed by atoms with Crippen molar-refractivity contribution in [3.63, 3.8) is 0 Å². The smallest absolute Gasteiger partial charge is 0.158 e. The van der Waals surface area contributed by atoms with E-state index in [2.05, 4.69) is 41.6 Å². The van der Waals surface area contributed by atoms with Crippen molar-refractivity contribution in [2.75, 3.05) is 13.1 Å². The van der Waals surface area contributed by atoms with Gasteiger partial charge in [0.1, 0.15) is 0 Å². The molecule has 1 unspecified atom stereocenters. The molecule has 1 N–H and O–H groups in total. The first-order valence-electron chi connectivity index (χ1n) is 6.93. The van der Waals surface area contributed by atoms with Crippen molar-refractivity contribution in [2.24, 2.45) is 7.05 Å². The van der Waals surface area contributed by atoms with Crippen LogP contribution in [0.2, 0.25) is 0 Å². The first-order chi connectivity index (χ1) is 9.25. The predicted molar refractivity (Wildman–Crippen MR) is 76.0 cm³/mol. The van der Waals surface area contributed by atoms with Gasteiger partial charge in [-0.15, -0.1) is 0 Å². The van der Waals surface area contributed by atoms with Crippen molar-refractivity contribution in [1.29, 1.82) is 0 Å². The molecule has 4 nitrogen and oxygen atoms in total. The molecule has 1 saturated heterocycles. The fourth-order valence-corrected chi connectivity index (χ4v) is 2.71. The van der Waals surface area contributed by atoms with E-state index < -0.39 is 0 Å². The number of hydrogen-bond acceptors (Lipinski definition) is 3. The van der Waals surface area contributed by atoms with Gasteiger partial charge in [0.15, 0.2) is 11.6 Å². The van der Waals surface area contributed by atoms with Gasteiger partial charge in [-0.1, -0.05) is 24.3 Å². The van der Waals surface area contributed by atoms with Crippen LogP contribution in [0.25, 0.3) is 11.4 Å². The highest BCUT2D eigenvalue weighted by molar-refractivity contribution is 5.59. The van der Waals surface area contributed by atoms with E-state index in [9.17, 15) is 0 Å². The highest BCUT2D eigenvalue weighted by Crippen LogP contribution is 2.25. The highest BCUT2D eigenvalue weighted by atomic mass is 15.3. The lowest BCUT2D eigenvalue weighted by Gasteiger charge is -2.19. The van der Waals surface area contributed by atoms with Crippen molar-refractivity contribution in [1.82, 2.24) is 20.1 Å². The summed E-state index contributed by atoms with van der Waals surface area (Å²) in [6, 6.07) is 8.34. The topological polar surface area (TPSA) is 42.7 Å². The quantitative estimate of drug-likeness (QED) is 0.896. The molecule has 4 heteroatoms. The van der Waals surface area contributed by atoms with Gasteiger partial charge in [-0.3, -0.25) is 0 Å². The number of aryl methyl sites for hydroxylation is 2. The third kappa shape index (κ3) is 2.40. The van der Waals surface area contributed by atoms with E-state index in [1.807, 2.05) is 11.7 Å². The van der Waals surface area contributed by atoms with Gasteiger partial charge in [0.05, 0.1) is 0 Å². The van der Waals surface area contributed by atoms with E-state index in [0.29, 0.717) is 5.92 Å². The second kappa shape index (κ2) is 5.13. The van der Waals surface area contributed by atoms with Crippen molar-refractivity contribution in [3.05, 3.63) is 35.7 Å². The molecule has 19 heavy (non-hydrogen) atoms. The molecule has 1 fully saturated rings. The van der Waals surface area contributed by atoms with E-state index >= 15 is 0 Å². The van der Waals surface area contributed by atoms with Gasteiger partial charge in [0, 0.05) is 25.1 Å². The molecule has 1 aliphatic rings. The molecule has 0 amide bonds. The molecule has 1 aromatic heterocycles. The van der Waals surface area contributed by atoms with Crippen LogP contribution in [0.4, 0.5) is 0 Å². The summed E-state index contributed by atoms with van der Waals surface area (Å²) in [6.45, 7) is 4.23. The summed E-state index contributed by atoms with van der Waals surface area (Å²) in [7, 11) is 1.98. The summed E-state index contributed by atoms with van der Waals surface area (Å²) in [5.41, 5.74) is 2.42. The van der Waals surface area contributed by atoms with Crippen molar-refractivity contribution in [3.8, 4) is 11.4 Å². The maximum Gasteiger partial charge on any atom is 0.158 e. The summed E-state index contributed by atoms with van der Waals surface area (Å²) in [4.78, 5) is 4.78. The number of benzene rings is 1. The Balaban J connectivity index is 1.95. The van der Waals surface area contributed by atoms with E-state index in [-0.39, 0.29) is 0 Å². The first-order valence-corrected chi connectivity index (χ1v) is 6.93. The van der Waals surface area contributed by atoms with Gasteiger partial charge in [-0.2, -0.15) is 5.10 Å². The normalized spacial score (nSPS) is 19.6. The van der Waals surface area contributed by atoms with Crippen LogP contribution in [0, 0.1) is 6.92 Å².